The summed E-state index contributed by atoms with van der Waals surface area (Å²) in [6.07, 6.45) is -0.0879. The van der Waals surface area contributed by atoms with Gasteiger partial charge in [0.15, 0.2) is 0 Å². The molecule has 124 valence electrons. The van der Waals surface area contributed by atoms with Crippen LogP contribution in [0.1, 0.15) is 31.9 Å². The first-order chi connectivity index (χ1) is 10.3. The zero-order valence-electron chi connectivity index (χ0n) is 13.9. The minimum absolute atomic E-state index is 0.0879. The maximum Gasteiger partial charge on any atom is 0.243 e. The molecule has 0 saturated carbocycles. The molecule has 0 aromatic heterocycles. The lowest BCUT2D eigenvalue weighted by Gasteiger charge is -2.36. The minimum Gasteiger partial charge on any atom is -0.494 e. The van der Waals surface area contributed by atoms with E-state index < -0.39 is 10.0 Å². The zero-order valence-corrected chi connectivity index (χ0v) is 14.7. The fourth-order valence-corrected chi connectivity index (χ4v) is 4.67. The normalized spacial score (nSPS) is 23.5. The second-order valence-corrected chi connectivity index (χ2v) is 7.74. The van der Waals surface area contributed by atoms with Crippen molar-refractivity contribution < 1.29 is 17.9 Å². The highest BCUT2D eigenvalue weighted by atomic mass is 32.2. The van der Waals surface area contributed by atoms with E-state index in [1.165, 1.54) is 0 Å². The Balaban J connectivity index is 2.43. The van der Waals surface area contributed by atoms with Crippen LogP contribution in [0.3, 0.4) is 0 Å². The number of benzene rings is 1. The van der Waals surface area contributed by atoms with Gasteiger partial charge in [0.05, 0.1) is 24.2 Å². The van der Waals surface area contributed by atoms with Crippen LogP contribution in [0.5, 0.6) is 5.75 Å². The Labute approximate surface area is 133 Å². The number of morpholine rings is 1. The van der Waals surface area contributed by atoms with Gasteiger partial charge in [-0.05, 0) is 57.9 Å². The van der Waals surface area contributed by atoms with Crippen LogP contribution in [-0.2, 0) is 14.8 Å². The van der Waals surface area contributed by atoms with Gasteiger partial charge in [-0.3, -0.25) is 0 Å². The summed E-state index contributed by atoms with van der Waals surface area (Å²) in [7, 11) is -3.53. The highest BCUT2D eigenvalue weighted by Crippen LogP contribution is 2.30. The lowest BCUT2D eigenvalue weighted by molar-refractivity contribution is -0.0170. The molecule has 22 heavy (non-hydrogen) atoms. The molecular weight excluding hydrogens is 302 g/mol. The van der Waals surface area contributed by atoms with Gasteiger partial charge in [-0.25, -0.2) is 8.42 Å². The summed E-state index contributed by atoms with van der Waals surface area (Å²) in [6.45, 7) is 10.7. The highest BCUT2D eigenvalue weighted by Gasteiger charge is 2.35. The van der Waals surface area contributed by atoms with Gasteiger partial charge in [0.2, 0.25) is 10.0 Å². The third-order valence-electron chi connectivity index (χ3n) is 3.91. The van der Waals surface area contributed by atoms with E-state index in [1.54, 1.807) is 16.4 Å². The smallest absolute Gasteiger partial charge is 0.243 e. The molecule has 1 aromatic carbocycles. The fraction of sp³-hybridized carbons (Fsp3) is 0.625. The van der Waals surface area contributed by atoms with Crippen LogP contribution in [-0.4, -0.2) is 44.6 Å². The molecule has 2 atom stereocenters. The van der Waals surface area contributed by atoms with Gasteiger partial charge < -0.3 is 9.47 Å². The number of aryl methyl sites for hydroxylation is 2. The van der Waals surface area contributed by atoms with Crippen molar-refractivity contribution in [2.45, 2.75) is 51.7 Å². The first kappa shape index (κ1) is 17.2. The Hall–Kier alpha value is -1.11. The maximum absolute atomic E-state index is 13.0. The van der Waals surface area contributed by atoms with Crippen molar-refractivity contribution in [2.24, 2.45) is 0 Å². The molecular formula is C16H25NO4S. The van der Waals surface area contributed by atoms with Crippen molar-refractivity contribution in [2.75, 3.05) is 19.8 Å². The number of hydrogen-bond donors (Lipinski definition) is 0. The van der Waals surface area contributed by atoms with E-state index in [2.05, 4.69) is 0 Å². The van der Waals surface area contributed by atoms with E-state index in [4.69, 9.17) is 9.47 Å². The lowest BCUT2D eigenvalue weighted by atomic mass is 10.1. The van der Waals surface area contributed by atoms with E-state index in [-0.39, 0.29) is 12.1 Å². The number of sulfonamides is 1. The average Bonchev–Trinajstić information content (AvgIpc) is 2.45. The fourth-order valence-electron chi connectivity index (χ4n) is 2.69. The van der Waals surface area contributed by atoms with Gasteiger partial charge in [0.1, 0.15) is 5.75 Å². The molecule has 5 nitrogen and oxygen atoms in total. The van der Waals surface area contributed by atoms with Crippen LogP contribution in [0.4, 0.5) is 0 Å². The molecule has 1 aliphatic heterocycles. The van der Waals surface area contributed by atoms with E-state index in [0.717, 1.165) is 11.3 Å². The van der Waals surface area contributed by atoms with Crippen LogP contribution in [0.25, 0.3) is 0 Å². The predicted octanol–water partition coefficient (Wildman–Crippen LogP) is 2.50. The third-order valence-corrected chi connectivity index (χ3v) is 6.03. The van der Waals surface area contributed by atoms with Crippen molar-refractivity contribution >= 4 is 10.0 Å². The van der Waals surface area contributed by atoms with Gasteiger partial charge in [0, 0.05) is 12.6 Å². The molecule has 0 aliphatic carbocycles. The molecule has 0 bridgehead atoms. The first-order valence-corrected chi connectivity index (χ1v) is 9.08. The molecule has 0 radical (unpaired) electrons. The Morgan fingerprint density at radius 2 is 1.95 bits per heavy atom. The van der Waals surface area contributed by atoms with E-state index in [9.17, 15) is 8.42 Å². The van der Waals surface area contributed by atoms with Crippen molar-refractivity contribution in [1.82, 2.24) is 4.31 Å². The molecule has 6 heteroatoms. The predicted molar refractivity (Wildman–Crippen MR) is 85.9 cm³/mol. The Kier molecular flexibility index (Phi) is 5.14. The third kappa shape index (κ3) is 3.29. The average molecular weight is 327 g/mol. The topological polar surface area (TPSA) is 55.8 Å². The number of rotatable bonds is 4. The monoisotopic (exact) mass is 327 g/mol. The summed E-state index contributed by atoms with van der Waals surface area (Å²) < 4.78 is 38.6. The highest BCUT2D eigenvalue weighted by molar-refractivity contribution is 7.89. The summed E-state index contributed by atoms with van der Waals surface area (Å²) in [6, 6.07) is 3.36. The Morgan fingerprint density at radius 1 is 1.27 bits per heavy atom. The van der Waals surface area contributed by atoms with Gasteiger partial charge in [-0.15, -0.1) is 0 Å². The molecule has 0 N–H and O–H groups in total. The van der Waals surface area contributed by atoms with Crippen molar-refractivity contribution in [1.29, 1.82) is 0 Å². The van der Waals surface area contributed by atoms with Crippen LogP contribution in [0, 0.1) is 13.8 Å². The van der Waals surface area contributed by atoms with Gasteiger partial charge in [0.25, 0.3) is 0 Å². The molecule has 0 amide bonds. The van der Waals surface area contributed by atoms with Crippen LogP contribution >= 0.6 is 0 Å². The number of hydrogen-bond acceptors (Lipinski definition) is 4. The second kappa shape index (κ2) is 6.56. The van der Waals surface area contributed by atoms with E-state index in [0.29, 0.717) is 30.2 Å². The van der Waals surface area contributed by atoms with E-state index >= 15 is 0 Å². The summed E-state index contributed by atoms with van der Waals surface area (Å²) >= 11 is 0. The molecule has 1 heterocycles. The molecule has 1 fully saturated rings. The van der Waals surface area contributed by atoms with E-state index in [1.807, 2.05) is 34.6 Å². The van der Waals surface area contributed by atoms with Crippen molar-refractivity contribution in [3.8, 4) is 5.75 Å². The largest absolute Gasteiger partial charge is 0.494 e. The Bertz CT molecular complexity index is 642. The van der Waals surface area contributed by atoms with Gasteiger partial charge >= 0.3 is 0 Å². The maximum atomic E-state index is 13.0. The lowest BCUT2D eigenvalue weighted by Crippen LogP contribution is -2.50. The van der Waals surface area contributed by atoms with Crippen molar-refractivity contribution in [3.63, 3.8) is 0 Å². The van der Waals surface area contributed by atoms with Gasteiger partial charge in [-0.2, -0.15) is 4.31 Å². The minimum atomic E-state index is -3.53. The van der Waals surface area contributed by atoms with Crippen LogP contribution in [0.15, 0.2) is 17.0 Å². The molecule has 0 spiro atoms. The van der Waals surface area contributed by atoms with Crippen molar-refractivity contribution in [3.05, 3.63) is 23.3 Å². The SMILES string of the molecule is CCOc1cc(C)c(S(=O)(=O)N2CC(C)OCC2C)cc1C. The molecule has 2 unspecified atom stereocenters. The summed E-state index contributed by atoms with van der Waals surface area (Å²) in [5.41, 5.74) is 1.54. The molecule has 1 aromatic rings. The van der Waals surface area contributed by atoms with Gasteiger partial charge in [-0.1, -0.05) is 0 Å². The quantitative estimate of drug-likeness (QED) is 0.852. The zero-order chi connectivity index (χ0) is 16.5. The molecule has 1 aliphatic rings. The second-order valence-electron chi connectivity index (χ2n) is 5.88. The first-order valence-electron chi connectivity index (χ1n) is 7.64. The molecule has 2 rings (SSSR count). The molecule has 1 saturated heterocycles. The summed E-state index contributed by atoms with van der Waals surface area (Å²) in [5.74, 6) is 0.738. The summed E-state index contributed by atoms with van der Waals surface area (Å²) in [4.78, 5) is 0.356. The van der Waals surface area contributed by atoms with Crippen LogP contribution in [0.2, 0.25) is 0 Å². The standard InChI is InChI=1S/C16H25NO4S/c1-6-20-15-7-12(3)16(8-11(15)2)22(18,19)17-9-14(5)21-10-13(17)4/h7-8,13-14H,6,9-10H2,1-5H3. The number of ether oxygens (including phenoxy) is 2. The number of nitrogens with zero attached hydrogens (tertiary/aromatic N) is 1. The van der Waals surface area contributed by atoms with Crippen LogP contribution < -0.4 is 4.74 Å². The Morgan fingerprint density at radius 3 is 2.59 bits per heavy atom. The summed E-state index contributed by atoms with van der Waals surface area (Å²) in [5, 5.41) is 0.